The molecule has 2 aromatic rings. The Bertz CT molecular complexity index is 597. The smallest absolute Gasteiger partial charge is 0.307 e. The molecule has 1 aromatic carbocycles. The molecule has 0 radical (unpaired) electrons. The lowest BCUT2D eigenvalue weighted by Crippen LogP contribution is -2.16. The van der Waals surface area contributed by atoms with Crippen LogP contribution in [0.2, 0.25) is 5.02 Å². The van der Waals surface area contributed by atoms with Crippen molar-refractivity contribution in [2.75, 3.05) is 0 Å². The van der Waals surface area contributed by atoms with Crippen molar-refractivity contribution in [1.29, 1.82) is 0 Å². The predicted molar refractivity (Wildman–Crippen MR) is 70.0 cm³/mol. The number of rotatable bonds is 4. The SMILES string of the molecule is CC(C(=O)O)C(C)c1nc(-c2cccc(Cl)c2)no1. The lowest BCUT2D eigenvalue weighted by atomic mass is 9.96. The van der Waals surface area contributed by atoms with Gasteiger partial charge < -0.3 is 9.63 Å². The highest BCUT2D eigenvalue weighted by Gasteiger charge is 2.26. The van der Waals surface area contributed by atoms with Crippen LogP contribution in [0.1, 0.15) is 25.7 Å². The summed E-state index contributed by atoms with van der Waals surface area (Å²) in [6, 6.07) is 7.07. The third-order valence-corrected chi connectivity index (χ3v) is 3.29. The summed E-state index contributed by atoms with van der Waals surface area (Å²) in [4.78, 5) is 15.2. The first kappa shape index (κ1) is 13.5. The van der Waals surface area contributed by atoms with Crippen LogP contribution in [0.25, 0.3) is 11.4 Å². The molecule has 5 nitrogen and oxygen atoms in total. The molecule has 1 N–H and O–H groups in total. The molecule has 0 amide bonds. The Labute approximate surface area is 115 Å². The molecule has 1 aromatic heterocycles. The molecule has 2 unspecified atom stereocenters. The molecule has 100 valence electrons. The second-order valence-electron chi connectivity index (χ2n) is 4.38. The summed E-state index contributed by atoms with van der Waals surface area (Å²) in [7, 11) is 0. The Kier molecular flexibility index (Phi) is 3.85. The zero-order chi connectivity index (χ0) is 14.0. The molecular weight excluding hydrogens is 268 g/mol. The molecule has 0 spiro atoms. The van der Waals surface area contributed by atoms with Gasteiger partial charge in [0.05, 0.1) is 5.92 Å². The highest BCUT2D eigenvalue weighted by atomic mass is 35.5. The Hall–Kier alpha value is -1.88. The lowest BCUT2D eigenvalue weighted by molar-refractivity contribution is -0.141. The molecule has 2 rings (SSSR count). The molecule has 0 saturated heterocycles. The Morgan fingerprint density at radius 1 is 1.42 bits per heavy atom. The first-order valence-electron chi connectivity index (χ1n) is 5.81. The molecule has 0 aliphatic carbocycles. The molecule has 0 saturated carbocycles. The van der Waals surface area contributed by atoms with Crippen molar-refractivity contribution in [2.45, 2.75) is 19.8 Å². The molecule has 6 heteroatoms. The summed E-state index contributed by atoms with van der Waals surface area (Å²) in [5, 5.41) is 13.4. The van der Waals surface area contributed by atoms with Gasteiger partial charge in [-0.25, -0.2) is 0 Å². The quantitative estimate of drug-likeness (QED) is 0.930. The van der Waals surface area contributed by atoms with Crippen molar-refractivity contribution in [3.8, 4) is 11.4 Å². The minimum Gasteiger partial charge on any atom is -0.481 e. The third kappa shape index (κ3) is 2.93. The van der Waals surface area contributed by atoms with E-state index < -0.39 is 11.9 Å². The minimum atomic E-state index is -0.894. The van der Waals surface area contributed by atoms with E-state index in [1.165, 1.54) is 0 Å². The number of carboxylic acids is 1. The summed E-state index contributed by atoms with van der Waals surface area (Å²) in [5.74, 6) is -1.12. The average molecular weight is 281 g/mol. The number of hydrogen-bond donors (Lipinski definition) is 1. The standard InChI is InChI=1S/C13H13ClN2O3/c1-7(8(2)13(17)18)12-15-11(16-19-12)9-4-3-5-10(14)6-9/h3-8H,1-2H3,(H,17,18). The van der Waals surface area contributed by atoms with E-state index in [9.17, 15) is 4.79 Å². The first-order chi connectivity index (χ1) is 8.99. The molecule has 0 bridgehead atoms. The van der Waals surface area contributed by atoms with E-state index in [0.717, 1.165) is 5.56 Å². The average Bonchev–Trinajstić information content (AvgIpc) is 2.86. The fourth-order valence-electron chi connectivity index (χ4n) is 1.59. The molecule has 1 heterocycles. The number of carbonyl (C=O) groups is 1. The van der Waals surface area contributed by atoms with Crippen molar-refractivity contribution < 1.29 is 14.4 Å². The van der Waals surface area contributed by atoms with Crippen LogP contribution in [-0.2, 0) is 4.79 Å². The van der Waals surface area contributed by atoms with Crippen LogP contribution < -0.4 is 0 Å². The number of aromatic nitrogens is 2. The van der Waals surface area contributed by atoms with Gasteiger partial charge in [0.2, 0.25) is 11.7 Å². The monoisotopic (exact) mass is 280 g/mol. The lowest BCUT2D eigenvalue weighted by Gasteiger charge is -2.10. The molecule has 0 aliphatic heterocycles. The highest BCUT2D eigenvalue weighted by molar-refractivity contribution is 6.30. The normalized spacial score (nSPS) is 14.1. The van der Waals surface area contributed by atoms with Gasteiger partial charge >= 0.3 is 5.97 Å². The van der Waals surface area contributed by atoms with Crippen LogP contribution >= 0.6 is 11.6 Å². The van der Waals surface area contributed by atoms with Crippen LogP contribution in [0.15, 0.2) is 28.8 Å². The van der Waals surface area contributed by atoms with Gasteiger partial charge in [-0.3, -0.25) is 4.79 Å². The van der Waals surface area contributed by atoms with Gasteiger partial charge in [-0.15, -0.1) is 0 Å². The number of carboxylic acid groups (broad SMARTS) is 1. The topological polar surface area (TPSA) is 76.2 Å². The van der Waals surface area contributed by atoms with Crippen LogP contribution in [-0.4, -0.2) is 21.2 Å². The van der Waals surface area contributed by atoms with Crippen molar-refractivity contribution in [1.82, 2.24) is 10.1 Å². The zero-order valence-electron chi connectivity index (χ0n) is 10.5. The highest BCUT2D eigenvalue weighted by Crippen LogP contribution is 2.26. The number of aliphatic carboxylic acids is 1. The van der Waals surface area contributed by atoms with Gasteiger partial charge in [0, 0.05) is 16.5 Å². The van der Waals surface area contributed by atoms with E-state index in [2.05, 4.69) is 10.1 Å². The molecular formula is C13H13ClN2O3. The maximum absolute atomic E-state index is 10.9. The van der Waals surface area contributed by atoms with E-state index >= 15 is 0 Å². The van der Waals surface area contributed by atoms with Gasteiger partial charge in [-0.1, -0.05) is 42.7 Å². The predicted octanol–water partition coefficient (Wildman–Crippen LogP) is 3.21. The van der Waals surface area contributed by atoms with E-state index in [0.29, 0.717) is 16.7 Å². The van der Waals surface area contributed by atoms with Gasteiger partial charge in [0.15, 0.2) is 0 Å². The van der Waals surface area contributed by atoms with Crippen LogP contribution in [0.3, 0.4) is 0 Å². The number of benzene rings is 1. The van der Waals surface area contributed by atoms with E-state index in [1.54, 1.807) is 32.0 Å². The van der Waals surface area contributed by atoms with E-state index in [4.69, 9.17) is 21.2 Å². The molecule has 2 atom stereocenters. The second kappa shape index (κ2) is 5.40. The van der Waals surface area contributed by atoms with Crippen LogP contribution in [0.4, 0.5) is 0 Å². The Morgan fingerprint density at radius 2 is 2.16 bits per heavy atom. The van der Waals surface area contributed by atoms with Crippen molar-refractivity contribution in [3.63, 3.8) is 0 Å². The number of nitrogens with zero attached hydrogens (tertiary/aromatic N) is 2. The van der Waals surface area contributed by atoms with Crippen molar-refractivity contribution >= 4 is 17.6 Å². The summed E-state index contributed by atoms with van der Waals surface area (Å²) in [6.07, 6.45) is 0. The molecule has 0 fully saturated rings. The number of halogens is 1. The number of hydrogen-bond acceptors (Lipinski definition) is 4. The maximum Gasteiger partial charge on any atom is 0.307 e. The molecule has 0 aliphatic rings. The maximum atomic E-state index is 10.9. The largest absolute Gasteiger partial charge is 0.481 e. The summed E-state index contributed by atoms with van der Waals surface area (Å²) >= 11 is 5.89. The van der Waals surface area contributed by atoms with Gasteiger partial charge in [0.1, 0.15) is 0 Å². The van der Waals surface area contributed by atoms with Gasteiger partial charge in [-0.05, 0) is 12.1 Å². The van der Waals surface area contributed by atoms with Crippen LogP contribution in [0.5, 0.6) is 0 Å². The van der Waals surface area contributed by atoms with Gasteiger partial charge in [0.25, 0.3) is 0 Å². The summed E-state index contributed by atoms with van der Waals surface area (Å²) in [6.45, 7) is 3.35. The van der Waals surface area contributed by atoms with Gasteiger partial charge in [-0.2, -0.15) is 4.98 Å². The third-order valence-electron chi connectivity index (χ3n) is 3.05. The summed E-state index contributed by atoms with van der Waals surface area (Å²) < 4.78 is 5.12. The first-order valence-corrected chi connectivity index (χ1v) is 6.19. The summed E-state index contributed by atoms with van der Waals surface area (Å²) in [5.41, 5.74) is 0.734. The zero-order valence-corrected chi connectivity index (χ0v) is 11.3. The van der Waals surface area contributed by atoms with Crippen LogP contribution in [0, 0.1) is 5.92 Å². The fourth-order valence-corrected chi connectivity index (χ4v) is 1.78. The Balaban J connectivity index is 2.26. The van der Waals surface area contributed by atoms with E-state index in [1.807, 2.05) is 6.07 Å². The fraction of sp³-hybridized carbons (Fsp3) is 0.308. The van der Waals surface area contributed by atoms with Crippen molar-refractivity contribution in [3.05, 3.63) is 35.2 Å². The Morgan fingerprint density at radius 3 is 2.79 bits per heavy atom. The van der Waals surface area contributed by atoms with E-state index in [-0.39, 0.29) is 5.92 Å². The minimum absolute atomic E-state index is 0.310. The van der Waals surface area contributed by atoms with Crippen molar-refractivity contribution in [2.24, 2.45) is 5.92 Å². The second-order valence-corrected chi connectivity index (χ2v) is 4.82. The molecule has 19 heavy (non-hydrogen) atoms.